The number of nitrogens with two attached hydrogens (primary N) is 2. The van der Waals surface area contributed by atoms with Crippen molar-refractivity contribution in [3.8, 4) is 23.0 Å². The lowest BCUT2D eigenvalue weighted by Crippen LogP contribution is -2.02. The summed E-state index contributed by atoms with van der Waals surface area (Å²) in [5.74, 6) is -0.779. The molecule has 0 aliphatic rings. The molecule has 2 aromatic carbocycles. The van der Waals surface area contributed by atoms with E-state index in [1.54, 1.807) is 6.07 Å². The Bertz CT molecular complexity index is 621. The van der Waals surface area contributed by atoms with Gasteiger partial charge in [0.2, 0.25) is 0 Å². The summed E-state index contributed by atoms with van der Waals surface area (Å²) in [4.78, 5) is 0. The van der Waals surface area contributed by atoms with Crippen LogP contribution in [0, 0.1) is 6.92 Å². The van der Waals surface area contributed by atoms with Crippen LogP contribution in [0.1, 0.15) is 16.7 Å². The lowest BCUT2D eigenvalue weighted by molar-refractivity contribution is 0.367. The molecule has 0 heterocycles. The van der Waals surface area contributed by atoms with Gasteiger partial charge in [0.1, 0.15) is 5.75 Å². The molecular weight excluding hydrogens is 296 g/mol. The number of hydrogen-bond acceptors (Lipinski definition) is 6. The zero-order valence-corrected chi connectivity index (χ0v) is 13.2. The van der Waals surface area contributed by atoms with Crippen molar-refractivity contribution in [3.63, 3.8) is 0 Å². The number of rotatable bonds is 4. The second kappa shape index (κ2) is 8.87. The van der Waals surface area contributed by atoms with Gasteiger partial charge in [-0.05, 0) is 67.7 Å². The SMILES string of the molecule is Cc1cc(CCN)ccc1O.NCCc1cc(O)c(O)c(O)c1. The minimum atomic E-state index is -0.490. The van der Waals surface area contributed by atoms with Crippen molar-refractivity contribution in [2.75, 3.05) is 13.1 Å². The van der Waals surface area contributed by atoms with E-state index in [0.29, 0.717) is 30.8 Å². The van der Waals surface area contributed by atoms with Crippen LogP contribution in [-0.2, 0) is 12.8 Å². The normalized spacial score (nSPS) is 10.0. The van der Waals surface area contributed by atoms with Crippen LogP contribution in [0.25, 0.3) is 0 Å². The third kappa shape index (κ3) is 5.69. The third-order valence-electron chi connectivity index (χ3n) is 3.26. The second-order valence-corrected chi connectivity index (χ2v) is 5.18. The van der Waals surface area contributed by atoms with Gasteiger partial charge in [-0.1, -0.05) is 12.1 Å². The predicted molar refractivity (Wildman–Crippen MR) is 89.8 cm³/mol. The molecule has 0 fully saturated rings. The summed E-state index contributed by atoms with van der Waals surface area (Å²) in [7, 11) is 0. The Hall–Kier alpha value is -2.44. The largest absolute Gasteiger partial charge is 0.508 e. The van der Waals surface area contributed by atoms with E-state index in [9.17, 15) is 5.11 Å². The first-order chi connectivity index (χ1) is 10.9. The summed E-state index contributed by atoms with van der Waals surface area (Å²) in [5, 5.41) is 36.3. The molecule has 126 valence electrons. The predicted octanol–water partition coefficient (Wildman–Crippen LogP) is 1.51. The van der Waals surface area contributed by atoms with Gasteiger partial charge in [0, 0.05) is 0 Å². The number of phenolic OH excluding ortho intramolecular Hbond substituents is 4. The molecule has 0 radical (unpaired) electrons. The maximum atomic E-state index is 9.18. The lowest BCUT2D eigenvalue weighted by atomic mass is 10.1. The molecule has 0 saturated heterocycles. The van der Waals surface area contributed by atoms with Gasteiger partial charge in [0.25, 0.3) is 0 Å². The highest BCUT2D eigenvalue weighted by Gasteiger charge is 2.06. The maximum absolute atomic E-state index is 9.18. The fourth-order valence-electron chi connectivity index (χ4n) is 2.01. The van der Waals surface area contributed by atoms with Gasteiger partial charge in [-0.25, -0.2) is 0 Å². The van der Waals surface area contributed by atoms with Crippen LogP contribution in [0.4, 0.5) is 0 Å². The molecule has 6 nitrogen and oxygen atoms in total. The summed E-state index contributed by atoms with van der Waals surface area (Å²) in [6, 6.07) is 8.32. The van der Waals surface area contributed by atoms with E-state index in [4.69, 9.17) is 26.8 Å². The highest BCUT2D eigenvalue weighted by Crippen LogP contribution is 2.35. The molecule has 8 N–H and O–H groups in total. The molecular formula is C17H24N2O4. The van der Waals surface area contributed by atoms with Crippen molar-refractivity contribution in [2.45, 2.75) is 19.8 Å². The molecule has 0 atom stereocenters. The Morgan fingerprint density at radius 1 is 0.739 bits per heavy atom. The van der Waals surface area contributed by atoms with Gasteiger partial charge in [-0.15, -0.1) is 0 Å². The monoisotopic (exact) mass is 320 g/mol. The first-order valence-corrected chi connectivity index (χ1v) is 7.31. The molecule has 0 saturated carbocycles. The van der Waals surface area contributed by atoms with E-state index < -0.39 is 5.75 Å². The van der Waals surface area contributed by atoms with Gasteiger partial charge >= 0.3 is 0 Å². The summed E-state index contributed by atoms with van der Waals surface area (Å²) < 4.78 is 0. The van der Waals surface area contributed by atoms with Crippen molar-refractivity contribution in [1.29, 1.82) is 0 Å². The van der Waals surface area contributed by atoms with E-state index in [-0.39, 0.29) is 11.5 Å². The van der Waals surface area contributed by atoms with Crippen molar-refractivity contribution >= 4 is 0 Å². The molecule has 23 heavy (non-hydrogen) atoms. The highest BCUT2D eigenvalue weighted by atomic mass is 16.3. The molecule has 0 unspecified atom stereocenters. The van der Waals surface area contributed by atoms with Crippen molar-refractivity contribution in [3.05, 3.63) is 47.0 Å². The maximum Gasteiger partial charge on any atom is 0.200 e. The Kier molecular flexibility index (Phi) is 7.18. The molecule has 0 aromatic heterocycles. The number of benzene rings is 2. The number of phenols is 4. The Labute approximate surface area is 135 Å². The zero-order valence-electron chi connectivity index (χ0n) is 13.2. The van der Waals surface area contributed by atoms with Crippen molar-refractivity contribution in [1.82, 2.24) is 0 Å². The summed E-state index contributed by atoms with van der Waals surface area (Å²) >= 11 is 0. The molecule has 0 spiro atoms. The van der Waals surface area contributed by atoms with Gasteiger partial charge < -0.3 is 31.9 Å². The Morgan fingerprint density at radius 2 is 1.26 bits per heavy atom. The van der Waals surface area contributed by atoms with Crippen LogP contribution < -0.4 is 11.5 Å². The molecule has 0 aliphatic carbocycles. The molecule has 6 heteroatoms. The van der Waals surface area contributed by atoms with Crippen LogP contribution in [0.3, 0.4) is 0 Å². The zero-order chi connectivity index (χ0) is 17.4. The average Bonchev–Trinajstić information content (AvgIpc) is 2.50. The van der Waals surface area contributed by atoms with Gasteiger partial charge in [-0.3, -0.25) is 0 Å². The van der Waals surface area contributed by atoms with Gasteiger partial charge in [0.05, 0.1) is 0 Å². The number of aryl methyl sites for hydroxylation is 1. The second-order valence-electron chi connectivity index (χ2n) is 5.18. The minimum Gasteiger partial charge on any atom is -0.508 e. The molecule has 0 bridgehead atoms. The summed E-state index contributed by atoms with van der Waals surface area (Å²) in [6.45, 7) is 2.98. The van der Waals surface area contributed by atoms with E-state index in [1.807, 2.05) is 19.1 Å². The van der Waals surface area contributed by atoms with E-state index in [0.717, 1.165) is 12.0 Å². The van der Waals surface area contributed by atoms with E-state index >= 15 is 0 Å². The van der Waals surface area contributed by atoms with Crippen LogP contribution in [-0.4, -0.2) is 33.5 Å². The third-order valence-corrected chi connectivity index (χ3v) is 3.26. The standard InChI is InChI=1S/C9H13NO.C8H11NO3/c1-7-6-8(4-5-10)2-3-9(7)11;9-2-1-5-3-6(10)8(12)7(11)4-5/h2-3,6,11H,4-5,10H2,1H3;3-4,10-12H,1-2,9H2. The van der Waals surface area contributed by atoms with Crippen molar-refractivity contribution in [2.24, 2.45) is 11.5 Å². The molecule has 2 aromatic rings. The Balaban J connectivity index is 0.000000231. The minimum absolute atomic E-state index is 0.321. The summed E-state index contributed by atoms with van der Waals surface area (Å²) in [6.07, 6.45) is 1.43. The molecule has 0 aliphatic heterocycles. The first kappa shape index (κ1) is 18.6. The number of hydrogen-bond donors (Lipinski definition) is 6. The summed E-state index contributed by atoms with van der Waals surface area (Å²) in [5.41, 5.74) is 13.5. The van der Waals surface area contributed by atoms with Crippen LogP contribution >= 0.6 is 0 Å². The van der Waals surface area contributed by atoms with Gasteiger partial charge in [0.15, 0.2) is 17.2 Å². The average molecular weight is 320 g/mol. The van der Waals surface area contributed by atoms with Crippen LogP contribution in [0.2, 0.25) is 0 Å². The van der Waals surface area contributed by atoms with Gasteiger partial charge in [-0.2, -0.15) is 0 Å². The Morgan fingerprint density at radius 3 is 1.74 bits per heavy atom. The van der Waals surface area contributed by atoms with Crippen molar-refractivity contribution < 1.29 is 20.4 Å². The van der Waals surface area contributed by atoms with Crippen LogP contribution in [0.15, 0.2) is 30.3 Å². The number of aromatic hydroxyl groups is 4. The lowest BCUT2D eigenvalue weighted by Gasteiger charge is -2.03. The highest BCUT2D eigenvalue weighted by molar-refractivity contribution is 5.51. The van der Waals surface area contributed by atoms with E-state index in [1.165, 1.54) is 17.7 Å². The molecule has 0 amide bonds. The fourth-order valence-corrected chi connectivity index (χ4v) is 2.01. The van der Waals surface area contributed by atoms with E-state index in [2.05, 4.69) is 0 Å². The first-order valence-electron chi connectivity index (χ1n) is 7.31. The quantitative estimate of drug-likeness (QED) is 0.473. The fraction of sp³-hybridized carbons (Fsp3) is 0.294. The topological polar surface area (TPSA) is 133 Å². The van der Waals surface area contributed by atoms with Crippen LogP contribution in [0.5, 0.6) is 23.0 Å². The smallest absolute Gasteiger partial charge is 0.200 e. The molecule has 2 rings (SSSR count).